The molecule has 2 aromatic carbocycles. The van der Waals surface area contributed by atoms with Gasteiger partial charge < -0.3 is 1.43 Å². The molecule has 98 valence electrons. The molecule has 19 heavy (non-hydrogen) atoms. The molecule has 0 amide bonds. The van der Waals surface area contributed by atoms with Gasteiger partial charge in [-0.25, -0.2) is 0 Å². The summed E-state index contributed by atoms with van der Waals surface area (Å²) in [5.41, 5.74) is 3.17. The third-order valence-corrected chi connectivity index (χ3v) is 3.72. The average Bonchev–Trinajstić information content (AvgIpc) is 2.43. The third kappa shape index (κ3) is 4.34. The summed E-state index contributed by atoms with van der Waals surface area (Å²) in [6.45, 7) is 4.55. The molecule has 0 saturated heterocycles. The van der Waals surface area contributed by atoms with Gasteiger partial charge in [0, 0.05) is 0 Å². The van der Waals surface area contributed by atoms with E-state index in [9.17, 15) is 0 Å². The summed E-state index contributed by atoms with van der Waals surface area (Å²) < 4.78 is 0. The fourth-order valence-corrected chi connectivity index (χ4v) is 2.63. The molecule has 0 bridgehead atoms. The summed E-state index contributed by atoms with van der Waals surface area (Å²) in [5, 5.41) is 2.86. The van der Waals surface area contributed by atoms with Crippen LogP contribution in [0.15, 0.2) is 36.4 Å². The van der Waals surface area contributed by atoms with E-state index < -0.39 is 0 Å². The van der Waals surface area contributed by atoms with Crippen molar-refractivity contribution in [2.45, 2.75) is 52.4 Å². The molecule has 0 aliphatic carbocycles. The smallest absolute Gasteiger partial charge is 1.00 e. The van der Waals surface area contributed by atoms with Crippen molar-refractivity contribution in [1.29, 1.82) is 0 Å². The van der Waals surface area contributed by atoms with Crippen LogP contribution >= 0.6 is 0 Å². The van der Waals surface area contributed by atoms with E-state index in [-0.39, 0.29) is 31.0 Å². The first-order valence-electron chi connectivity index (χ1n) is 7.36. The second-order valence-corrected chi connectivity index (χ2v) is 5.13. The first-order valence-corrected chi connectivity index (χ1v) is 7.36. The molecular formula is C18H25Na. The summed E-state index contributed by atoms with van der Waals surface area (Å²) in [4.78, 5) is 0. The Morgan fingerprint density at radius 3 is 2.26 bits per heavy atom. The fraction of sp³-hybridized carbons (Fsp3) is 0.444. The molecule has 0 heterocycles. The van der Waals surface area contributed by atoms with Crippen LogP contribution in [0.5, 0.6) is 0 Å². The standard InChI is InChI=1S/C18H24.Na.H/c1-3-5-9-15-13-14-16-10-7-8-12-18(16)17(15)11-6-4-2;;/h7-8,10,12-14H,3-6,9,11H2,1-2H3;;/q;+1;-1. The molecule has 2 aromatic rings. The van der Waals surface area contributed by atoms with Gasteiger partial charge in [0.05, 0.1) is 0 Å². The number of benzene rings is 2. The minimum atomic E-state index is 0. The molecule has 0 aliphatic heterocycles. The minimum Gasteiger partial charge on any atom is -1.00 e. The SMILES string of the molecule is CCCCc1ccc2ccccc2c1CCCC.[H-].[Na+]. The monoisotopic (exact) mass is 264 g/mol. The zero-order chi connectivity index (χ0) is 12.8. The Bertz CT molecular complexity index is 508. The molecular weight excluding hydrogens is 239 g/mol. The van der Waals surface area contributed by atoms with Crippen LogP contribution in [0, 0.1) is 0 Å². The second kappa shape index (κ2) is 8.79. The van der Waals surface area contributed by atoms with Crippen LogP contribution in [0.25, 0.3) is 10.8 Å². The topological polar surface area (TPSA) is 0 Å². The van der Waals surface area contributed by atoms with E-state index in [1.54, 1.807) is 11.1 Å². The molecule has 0 aliphatic rings. The van der Waals surface area contributed by atoms with Gasteiger partial charge in [0.25, 0.3) is 0 Å². The van der Waals surface area contributed by atoms with Crippen LogP contribution in [0.1, 0.15) is 52.1 Å². The second-order valence-electron chi connectivity index (χ2n) is 5.13. The summed E-state index contributed by atoms with van der Waals surface area (Å²) in [6, 6.07) is 13.5. The molecule has 0 aromatic heterocycles. The first-order chi connectivity index (χ1) is 8.86. The quantitative estimate of drug-likeness (QED) is 0.704. The predicted molar refractivity (Wildman–Crippen MR) is 82.3 cm³/mol. The van der Waals surface area contributed by atoms with Gasteiger partial charge >= 0.3 is 29.6 Å². The van der Waals surface area contributed by atoms with Crippen molar-refractivity contribution in [3.05, 3.63) is 47.5 Å². The number of unbranched alkanes of at least 4 members (excludes halogenated alkanes) is 2. The van der Waals surface area contributed by atoms with Crippen molar-refractivity contribution in [2.24, 2.45) is 0 Å². The number of aryl methyl sites for hydroxylation is 2. The normalized spacial score (nSPS) is 10.4. The average molecular weight is 264 g/mol. The zero-order valence-corrected chi connectivity index (χ0v) is 14.7. The van der Waals surface area contributed by atoms with E-state index in [0.29, 0.717) is 0 Å². The molecule has 0 nitrogen and oxygen atoms in total. The summed E-state index contributed by atoms with van der Waals surface area (Å²) in [7, 11) is 0. The van der Waals surface area contributed by atoms with Gasteiger partial charge in [-0.05, 0) is 47.6 Å². The van der Waals surface area contributed by atoms with Gasteiger partial charge in [-0.3, -0.25) is 0 Å². The van der Waals surface area contributed by atoms with E-state index >= 15 is 0 Å². The Kier molecular flexibility index (Phi) is 7.75. The maximum absolute atomic E-state index is 2.35. The molecule has 0 atom stereocenters. The summed E-state index contributed by atoms with van der Waals surface area (Å²) in [6.07, 6.45) is 7.62. The van der Waals surface area contributed by atoms with E-state index in [2.05, 4.69) is 50.2 Å². The minimum absolute atomic E-state index is 0. The molecule has 0 N–H and O–H groups in total. The van der Waals surface area contributed by atoms with Crippen molar-refractivity contribution in [2.75, 3.05) is 0 Å². The molecule has 0 fully saturated rings. The fourth-order valence-electron chi connectivity index (χ4n) is 2.63. The molecule has 1 heteroatoms. The maximum atomic E-state index is 2.35. The molecule has 0 unspecified atom stereocenters. The van der Waals surface area contributed by atoms with E-state index in [1.807, 2.05) is 0 Å². The Morgan fingerprint density at radius 1 is 0.842 bits per heavy atom. The summed E-state index contributed by atoms with van der Waals surface area (Å²) in [5.74, 6) is 0. The van der Waals surface area contributed by atoms with Gasteiger partial charge in [0.1, 0.15) is 0 Å². The Hall–Kier alpha value is -0.300. The van der Waals surface area contributed by atoms with Crippen molar-refractivity contribution in [3.8, 4) is 0 Å². The van der Waals surface area contributed by atoms with Crippen molar-refractivity contribution >= 4 is 10.8 Å². The van der Waals surface area contributed by atoms with Gasteiger partial charge in [0.15, 0.2) is 0 Å². The van der Waals surface area contributed by atoms with Crippen molar-refractivity contribution in [3.63, 3.8) is 0 Å². The van der Waals surface area contributed by atoms with Crippen LogP contribution < -0.4 is 29.6 Å². The first kappa shape index (κ1) is 16.8. The maximum Gasteiger partial charge on any atom is 1.00 e. The number of rotatable bonds is 6. The third-order valence-electron chi connectivity index (χ3n) is 3.72. The van der Waals surface area contributed by atoms with Crippen molar-refractivity contribution < 1.29 is 31.0 Å². The largest absolute Gasteiger partial charge is 1.00 e. The van der Waals surface area contributed by atoms with E-state index in [4.69, 9.17) is 0 Å². The van der Waals surface area contributed by atoms with E-state index in [0.717, 1.165) is 0 Å². The molecule has 2 rings (SSSR count). The van der Waals surface area contributed by atoms with Gasteiger partial charge in [-0.15, -0.1) is 0 Å². The Balaban J connectivity index is 0.00000180. The van der Waals surface area contributed by atoms with Crippen LogP contribution in [-0.4, -0.2) is 0 Å². The van der Waals surface area contributed by atoms with Crippen LogP contribution in [-0.2, 0) is 12.8 Å². The number of hydrogen-bond donors (Lipinski definition) is 0. The van der Waals surface area contributed by atoms with E-state index in [1.165, 1.54) is 49.3 Å². The van der Waals surface area contributed by atoms with Gasteiger partial charge in [-0.2, -0.15) is 0 Å². The number of hydrogen-bond acceptors (Lipinski definition) is 0. The van der Waals surface area contributed by atoms with Crippen LogP contribution in [0.4, 0.5) is 0 Å². The Labute approximate surface area is 141 Å². The predicted octanol–water partition coefficient (Wildman–Crippen LogP) is 2.64. The van der Waals surface area contributed by atoms with Gasteiger partial charge in [-0.1, -0.05) is 63.1 Å². The van der Waals surface area contributed by atoms with Crippen LogP contribution in [0.2, 0.25) is 0 Å². The molecule has 0 spiro atoms. The number of fused-ring (bicyclic) bond motifs is 1. The van der Waals surface area contributed by atoms with Crippen LogP contribution in [0.3, 0.4) is 0 Å². The van der Waals surface area contributed by atoms with Gasteiger partial charge in [0.2, 0.25) is 0 Å². The molecule has 0 saturated carbocycles. The Morgan fingerprint density at radius 2 is 1.53 bits per heavy atom. The zero-order valence-electron chi connectivity index (χ0n) is 13.7. The van der Waals surface area contributed by atoms with Crippen molar-refractivity contribution in [1.82, 2.24) is 0 Å². The molecule has 0 radical (unpaired) electrons. The summed E-state index contributed by atoms with van der Waals surface area (Å²) >= 11 is 0.